The van der Waals surface area contributed by atoms with Crippen LogP contribution in [-0.4, -0.2) is 7.05 Å². The van der Waals surface area contributed by atoms with Crippen LogP contribution in [0, 0.1) is 0 Å². The summed E-state index contributed by atoms with van der Waals surface area (Å²) in [6.45, 7) is 0. The third-order valence-electron chi connectivity index (χ3n) is 1.87. The zero-order valence-electron chi connectivity index (χ0n) is 6.79. The maximum Gasteiger partial charge on any atom is 0.110 e. The first-order valence-corrected chi connectivity index (χ1v) is 4.59. The molecule has 12 heavy (non-hydrogen) atoms. The van der Waals surface area contributed by atoms with Gasteiger partial charge >= 0.3 is 0 Å². The highest BCUT2D eigenvalue weighted by atomic mass is 32.1. The van der Waals surface area contributed by atoms with Crippen molar-refractivity contribution in [1.82, 2.24) is 0 Å². The Morgan fingerprint density at radius 2 is 2.08 bits per heavy atom. The maximum atomic E-state index is 5.82. The summed E-state index contributed by atoms with van der Waals surface area (Å²) >= 11 is 1.62. The molecule has 2 aromatic rings. The lowest BCUT2D eigenvalue weighted by Gasteiger charge is -1.97. The number of nitrogens with one attached hydrogen (secondary N) is 1. The van der Waals surface area contributed by atoms with Crippen LogP contribution in [0.2, 0.25) is 0 Å². The summed E-state index contributed by atoms with van der Waals surface area (Å²) in [5.74, 6) is 0. The Bertz CT molecular complexity index is 406. The van der Waals surface area contributed by atoms with Crippen molar-refractivity contribution in [3.05, 3.63) is 24.3 Å². The molecule has 0 atom stereocenters. The van der Waals surface area contributed by atoms with Gasteiger partial charge in [-0.25, -0.2) is 0 Å². The fraction of sp³-hybridized carbons (Fsp3) is 0.111. The summed E-state index contributed by atoms with van der Waals surface area (Å²) in [7, 11) is 1.89. The fourth-order valence-electron chi connectivity index (χ4n) is 1.32. The van der Waals surface area contributed by atoms with Gasteiger partial charge in [0.1, 0.15) is 5.00 Å². The van der Waals surface area contributed by atoms with E-state index >= 15 is 0 Å². The number of benzene rings is 1. The van der Waals surface area contributed by atoms with E-state index in [0.717, 1.165) is 10.7 Å². The number of anilines is 2. The van der Waals surface area contributed by atoms with Gasteiger partial charge in [0.2, 0.25) is 0 Å². The highest BCUT2D eigenvalue weighted by molar-refractivity contribution is 7.23. The molecule has 1 aromatic carbocycles. The van der Waals surface area contributed by atoms with Crippen LogP contribution in [0.3, 0.4) is 0 Å². The summed E-state index contributed by atoms with van der Waals surface area (Å²) < 4.78 is 1.24. The van der Waals surface area contributed by atoms with Crippen molar-refractivity contribution in [3.8, 4) is 0 Å². The molecule has 0 bridgehead atoms. The molecule has 1 aromatic heterocycles. The Hall–Kier alpha value is -1.22. The van der Waals surface area contributed by atoms with Crippen LogP contribution in [0.4, 0.5) is 10.7 Å². The average Bonchev–Trinajstić information content (AvgIpc) is 2.40. The van der Waals surface area contributed by atoms with E-state index < -0.39 is 0 Å². The minimum absolute atomic E-state index is 0.860. The summed E-state index contributed by atoms with van der Waals surface area (Å²) in [4.78, 5) is 0. The van der Waals surface area contributed by atoms with Gasteiger partial charge in [-0.2, -0.15) is 0 Å². The second-order valence-corrected chi connectivity index (χ2v) is 3.67. The van der Waals surface area contributed by atoms with Crippen LogP contribution in [0.1, 0.15) is 0 Å². The van der Waals surface area contributed by atoms with Crippen LogP contribution in [0.5, 0.6) is 0 Å². The molecule has 0 saturated carbocycles. The quantitative estimate of drug-likeness (QED) is 0.704. The molecule has 0 unspecified atom stereocenters. The van der Waals surface area contributed by atoms with E-state index in [4.69, 9.17) is 5.73 Å². The Kier molecular flexibility index (Phi) is 1.66. The van der Waals surface area contributed by atoms with Gasteiger partial charge < -0.3 is 11.1 Å². The van der Waals surface area contributed by atoms with Gasteiger partial charge in [0, 0.05) is 17.1 Å². The van der Waals surface area contributed by atoms with Gasteiger partial charge in [0.05, 0.1) is 5.69 Å². The van der Waals surface area contributed by atoms with E-state index in [-0.39, 0.29) is 0 Å². The predicted molar refractivity (Wildman–Crippen MR) is 55.8 cm³/mol. The van der Waals surface area contributed by atoms with Gasteiger partial charge in [-0.05, 0) is 6.07 Å². The largest absolute Gasteiger partial charge is 0.389 e. The van der Waals surface area contributed by atoms with Gasteiger partial charge in [-0.15, -0.1) is 11.3 Å². The van der Waals surface area contributed by atoms with Crippen molar-refractivity contribution >= 4 is 32.1 Å². The van der Waals surface area contributed by atoms with E-state index in [1.165, 1.54) is 10.1 Å². The minimum atomic E-state index is 0.860. The number of nitrogen functional groups attached to an aromatic ring is 1. The zero-order valence-corrected chi connectivity index (χ0v) is 7.61. The number of thiophene rings is 1. The smallest absolute Gasteiger partial charge is 0.110 e. The predicted octanol–water partition coefficient (Wildman–Crippen LogP) is 2.53. The van der Waals surface area contributed by atoms with Gasteiger partial charge in [-0.1, -0.05) is 18.2 Å². The van der Waals surface area contributed by atoms with Crippen molar-refractivity contribution in [2.75, 3.05) is 18.1 Å². The van der Waals surface area contributed by atoms with E-state index in [0.29, 0.717) is 0 Å². The van der Waals surface area contributed by atoms with E-state index in [9.17, 15) is 0 Å². The van der Waals surface area contributed by atoms with Crippen molar-refractivity contribution in [1.29, 1.82) is 0 Å². The standard InChI is InChI=1S/C9H10N2S/c1-11-8-6-4-2-3-5-7(6)12-9(8)10/h2-5,11H,10H2,1H3. The van der Waals surface area contributed by atoms with Crippen molar-refractivity contribution in [3.63, 3.8) is 0 Å². The average molecular weight is 178 g/mol. The minimum Gasteiger partial charge on any atom is -0.389 e. The summed E-state index contributed by atoms with van der Waals surface area (Å²) in [6, 6.07) is 8.21. The Labute approximate surface area is 75.0 Å². The number of hydrogen-bond acceptors (Lipinski definition) is 3. The zero-order chi connectivity index (χ0) is 8.55. The molecule has 3 N–H and O–H groups in total. The van der Waals surface area contributed by atoms with Gasteiger partial charge in [0.15, 0.2) is 0 Å². The number of fused-ring (bicyclic) bond motifs is 1. The Morgan fingerprint density at radius 3 is 2.83 bits per heavy atom. The second-order valence-electron chi connectivity index (χ2n) is 2.59. The van der Waals surface area contributed by atoms with Crippen LogP contribution in [-0.2, 0) is 0 Å². The lowest BCUT2D eigenvalue weighted by molar-refractivity contribution is 1.57. The number of hydrogen-bond donors (Lipinski definition) is 2. The molecule has 2 nitrogen and oxygen atoms in total. The molecule has 0 aliphatic rings. The first-order chi connectivity index (χ1) is 5.83. The first kappa shape index (κ1) is 7.43. The summed E-state index contributed by atoms with van der Waals surface area (Å²) in [6.07, 6.45) is 0. The Morgan fingerprint density at radius 1 is 1.33 bits per heavy atom. The molecule has 0 spiro atoms. The van der Waals surface area contributed by atoms with Crippen LogP contribution in [0.15, 0.2) is 24.3 Å². The third kappa shape index (κ3) is 0.940. The highest BCUT2D eigenvalue weighted by Crippen LogP contribution is 2.37. The molecule has 62 valence electrons. The number of rotatable bonds is 1. The molecule has 2 rings (SSSR count). The molecule has 0 fully saturated rings. The molecule has 0 aliphatic carbocycles. The first-order valence-electron chi connectivity index (χ1n) is 3.77. The van der Waals surface area contributed by atoms with E-state index in [2.05, 4.69) is 17.4 Å². The Balaban J connectivity index is 2.81. The molecule has 0 aliphatic heterocycles. The highest BCUT2D eigenvalue weighted by Gasteiger charge is 2.05. The fourth-order valence-corrected chi connectivity index (χ4v) is 2.30. The molecular weight excluding hydrogens is 168 g/mol. The maximum absolute atomic E-state index is 5.82. The SMILES string of the molecule is CNc1c(N)sc2ccccc12. The van der Waals surface area contributed by atoms with E-state index in [1.54, 1.807) is 11.3 Å². The van der Waals surface area contributed by atoms with Crippen LogP contribution in [0.25, 0.3) is 10.1 Å². The molecule has 3 heteroatoms. The van der Waals surface area contributed by atoms with Crippen LogP contribution < -0.4 is 11.1 Å². The van der Waals surface area contributed by atoms with Crippen molar-refractivity contribution in [2.24, 2.45) is 0 Å². The van der Waals surface area contributed by atoms with Crippen molar-refractivity contribution < 1.29 is 0 Å². The van der Waals surface area contributed by atoms with Crippen molar-refractivity contribution in [2.45, 2.75) is 0 Å². The molecule has 1 heterocycles. The molecule has 0 amide bonds. The van der Waals surface area contributed by atoms with Crippen LogP contribution >= 0.6 is 11.3 Å². The lowest BCUT2D eigenvalue weighted by atomic mass is 10.2. The lowest BCUT2D eigenvalue weighted by Crippen LogP contribution is -1.90. The van der Waals surface area contributed by atoms with Gasteiger partial charge in [0.25, 0.3) is 0 Å². The molecular formula is C9H10N2S. The monoisotopic (exact) mass is 178 g/mol. The van der Waals surface area contributed by atoms with Gasteiger partial charge in [-0.3, -0.25) is 0 Å². The second kappa shape index (κ2) is 2.68. The normalized spacial score (nSPS) is 10.4. The topological polar surface area (TPSA) is 38.0 Å². The third-order valence-corrected chi connectivity index (χ3v) is 2.87. The molecule has 0 radical (unpaired) electrons. The number of nitrogens with two attached hydrogens (primary N) is 1. The molecule has 0 saturated heterocycles. The summed E-state index contributed by atoms with van der Waals surface area (Å²) in [5, 5.41) is 5.17. The van der Waals surface area contributed by atoms with E-state index in [1.807, 2.05) is 19.2 Å². The summed E-state index contributed by atoms with van der Waals surface area (Å²) in [5.41, 5.74) is 6.87.